The van der Waals surface area contributed by atoms with Crippen molar-refractivity contribution in [2.24, 2.45) is 5.92 Å². The van der Waals surface area contributed by atoms with E-state index in [-0.39, 0.29) is 5.91 Å². The Morgan fingerprint density at radius 1 is 1.38 bits per heavy atom. The molecule has 6 nitrogen and oxygen atoms in total. The minimum atomic E-state index is 0.172. The second-order valence-corrected chi connectivity index (χ2v) is 7.07. The predicted octanol–water partition coefficient (Wildman–Crippen LogP) is 2.21. The molecule has 2 rings (SSSR count). The van der Waals surface area contributed by atoms with Crippen molar-refractivity contribution in [2.75, 3.05) is 12.8 Å². The molecule has 0 N–H and O–H groups in total. The normalized spacial score (nSPS) is 16.4. The van der Waals surface area contributed by atoms with Crippen LogP contribution in [0.25, 0.3) is 0 Å². The molecule has 0 spiro atoms. The third-order valence-electron chi connectivity index (χ3n) is 3.88. The SMILES string of the molecule is CC(C)Cn1nnnc1SCC(=O)N(C)C1CCCCC1. The van der Waals surface area contributed by atoms with Gasteiger partial charge in [-0.2, -0.15) is 0 Å². The molecule has 1 aliphatic carbocycles. The Labute approximate surface area is 130 Å². The summed E-state index contributed by atoms with van der Waals surface area (Å²) in [5.74, 6) is 1.06. The molecule has 0 bridgehead atoms. The molecule has 0 radical (unpaired) electrons. The van der Waals surface area contributed by atoms with Crippen LogP contribution in [0.4, 0.5) is 0 Å². The van der Waals surface area contributed by atoms with Crippen LogP contribution in [-0.2, 0) is 11.3 Å². The molecule has 1 aromatic rings. The van der Waals surface area contributed by atoms with Crippen LogP contribution < -0.4 is 0 Å². The fourth-order valence-corrected chi connectivity index (χ4v) is 3.47. The van der Waals surface area contributed by atoms with Gasteiger partial charge in [-0.1, -0.05) is 44.9 Å². The van der Waals surface area contributed by atoms with Gasteiger partial charge >= 0.3 is 0 Å². The average Bonchev–Trinajstić information content (AvgIpc) is 2.91. The quantitative estimate of drug-likeness (QED) is 0.754. The fourth-order valence-electron chi connectivity index (χ4n) is 2.66. The highest BCUT2D eigenvalue weighted by atomic mass is 32.2. The van der Waals surface area contributed by atoms with Gasteiger partial charge in [-0.05, 0) is 29.2 Å². The molecule has 0 atom stereocenters. The largest absolute Gasteiger partial charge is 0.342 e. The van der Waals surface area contributed by atoms with Crippen LogP contribution in [0.3, 0.4) is 0 Å². The van der Waals surface area contributed by atoms with Crippen molar-refractivity contribution in [3.05, 3.63) is 0 Å². The van der Waals surface area contributed by atoms with Crippen molar-refractivity contribution in [3.8, 4) is 0 Å². The van der Waals surface area contributed by atoms with Gasteiger partial charge in [0.15, 0.2) is 0 Å². The second kappa shape index (κ2) is 7.77. The molecule has 21 heavy (non-hydrogen) atoms. The Kier molecular flexibility index (Phi) is 6.02. The van der Waals surface area contributed by atoms with Crippen molar-refractivity contribution in [3.63, 3.8) is 0 Å². The monoisotopic (exact) mass is 311 g/mol. The Bertz CT molecular complexity index is 456. The number of thioether (sulfide) groups is 1. The summed E-state index contributed by atoms with van der Waals surface area (Å²) in [6.45, 7) is 5.03. The minimum absolute atomic E-state index is 0.172. The molecule has 1 amide bonds. The lowest BCUT2D eigenvalue weighted by Crippen LogP contribution is -2.39. The molecule has 1 aliphatic rings. The van der Waals surface area contributed by atoms with E-state index in [0.29, 0.717) is 17.7 Å². The van der Waals surface area contributed by atoms with E-state index in [4.69, 9.17) is 0 Å². The molecule has 1 fully saturated rings. The average molecular weight is 311 g/mol. The van der Waals surface area contributed by atoms with E-state index < -0.39 is 0 Å². The van der Waals surface area contributed by atoms with Gasteiger partial charge in [0.2, 0.25) is 11.1 Å². The summed E-state index contributed by atoms with van der Waals surface area (Å²) in [4.78, 5) is 14.2. The summed E-state index contributed by atoms with van der Waals surface area (Å²) in [7, 11) is 1.93. The van der Waals surface area contributed by atoms with Crippen LogP contribution in [0.2, 0.25) is 0 Å². The Morgan fingerprint density at radius 3 is 2.76 bits per heavy atom. The zero-order valence-electron chi connectivity index (χ0n) is 13.2. The van der Waals surface area contributed by atoms with Gasteiger partial charge in [0.25, 0.3) is 0 Å². The summed E-state index contributed by atoms with van der Waals surface area (Å²) in [5, 5.41) is 12.4. The van der Waals surface area contributed by atoms with Crippen molar-refractivity contribution < 1.29 is 4.79 Å². The highest BCUT2D eigenvalue weighted by molar-refractivity contribution is 7.99. The first-order valence-electron chi connectivity index (χ1n) is 7.72. The van der Waals surface area contributed by atoms with Gasteiger partial charge in [0.1, 0.15) is 0 Å². The summed E-state index contributed by atoms with van der Waals surface area (Å²) < 4.78 is 1.78. The molecule has 0 unspecified atom stereocenters. The van der Waals surface area contributed by atoms with Crippen LogP contribution in [-0.4, -0.2) is 49.9 Å². The number of hydrogen-bond donors (Lipinski definition) is 0. The van der Waals surface area contributed by atoms with Crippen molar-refractivity contribution >= 4 is 17.7 Å². The van der Waals surface area contributed by atoms with E-state index in [0.717, 1.165) is 24.5 Å². The first-order chi connectivity index (χ1) is 10.1. The molecular weight excluding hydrogens is 286 g/mol. The standard InChI is InChI=1S/C14H25N5OS/c1-11(2)9-19-14(15-16-17-19)21-10-13(20)18(3)12-7-5-4-6-8-12/h11-12H,4-10H2,1-3H3. The highest BCUT2D eigenvalue weighted by Gasteiger charge is 2.22. The summed E-state index contributed by atoms with van der Waals surface area (Å²) in [5.41, 5.74) is 0. The Balaban J connectivity index is 1.84. The number of aromatic nitrogens is 4. The minimum Gasteiger partial charge on any atom is -0.342 e. The molecule has 0 saturated heterocycles. The van der Waals surface area contributed by atoms with Crippen LogP contribution in [0.5, 0.6) is 0 Å². The van der Waals surface area contributed by atoms with Gasteiger partial charge in [-0.15, -0.1) is 5.10 Å². The smallest absolute Gasteiger partial charge is 0.233 e. The number of carbonyl (C=O) groups excluding carboxylic acids is 1. The highest BCUT2D eigenvalue weighted by Crippen LogP contribution is 2.23. The number of rotatable bonds is 6. The first kappa shape index (κ1) is 16.3. The molecule has 7 heteroatoms. The molecule has 1 aromatic heterocycles. The maximum atomic E-state index is 12.3. The van der Waals surface area contributed by atoms with Crippen LogP contribution >= 0.6 is 11.8 Å². The number of nitrogens with zero attached hydrogens (tertiary/aromatic N) is 5. The van der Waals surface area contributed by atoms with E-state index in [1.54, 1.807) is 4.68 Å². The number of tetrazole rings is 1. The molecule has 1 heterocycles. The zero-order valence-corrected chi connectivity index (χ0v) is 14.0. The number of amides is 1. The maximum Gasteiger partial charge on any atom is 0.233 e. The third-order valence-corrected chi connectivity index (χ3v) is 4.82. The Hall–Kier alpha value is -1.11. The van der Waals surface area contributed by atoms with E-state index >= 15 is 0 Å². The van der Waals surface area contributed by atoms with Gasteiger partial charge < -0.3 is 4.90 Å². The number of carbonyl (C=O) groups is 1. The van der Waals surface area contributed by atoms with Gasteiger partial charge in [0, 0.05) is 19.6 Å². The maximum absolute atomic E-state index is 12.3. The summed E-state index contributed by atoms with van der Waals surface area (Å²) >= 11 is 1.43. The summed E-state index contributed by atoms with van der Waals surface area (Å²) in [6.07, 6.45) is 6.05. The predicted molar refractivity (Wildman–Crippen MR) is 83.0 cm³/mol. The lowest BCUT2D eigenvalue weighted by atomic mass is 9.94. The second-order valence-electron chi connectivity index (χ2n) is 6.12. The van der Waals surface area contributed by atoms with Crippen molar-refractivity contribution in [1.82, 2.24) is 25.1 Å². The topological polar surface area (TPSA) is 63.9 Å². The van der Waals surface area contributed by atoms with Crippen LogP contribution in [0, 0.1) is 5.92 Å². The molecule has 0 aliphatic heterocycles. The van der Waals surface area contributed by atoms with Gasteiger partial charge in [-0.3, -0.25) is 4.79 Å². The first-order valence-corrected chi connectivity index (χ1v) is 8.71. The molecule has 1 saturated carbocycles. The molecule has 0 aromatic carbocycles. The van der Waals surface area contributed by atoms with Crippen molar-refractivity contribution in [2.45, 2.75) is 63.7 Å². The number of hydrogen-bond acceptors (Lipinski definition) is 5. The van der Waals surface area contributed by atoms with Gasteiger partial charge in [-0.25, -0.2) is 4.68 Å². The lowest BCUT2D eigenvalue weighted by Gasteiger charge is -2.31. The Morgan fingerprint density at radius 2 is 2.10 bits per heavy atom. The van der Waals surface area contributed by atoms with E-state index in [1.165, 1.54) is 31.0 Å². The van der Waals surface area contributed by atoms with Gasteiger partial charge in [0.05, 0.1) is 5.75 Å². The third kappa shape index (κ3) is 4.69. The zero-order chi connectivity index (χ0) is 15.2. The van der Waals surface area contributed by atoms with E-state index in [1.807, 2.05) is 11.9 Å². The molecule has 118 valence electrons. The van der Waals surface area contributed by atoms with Crippen LogP contribution in [0.1, 0.15) is 46.0 Å². The molecular formula is C14H25N5OS. The van der Waals surface area contributed by atoms with E-state index in [9.17, 15) is 4.79 Å². The van der Waals surface area contributed by atoms with Crippen LogP contribution in [0.15, 0.2) is 5.16 Å². The van der Waals surface area contributed by atoms with Crippen molar-refractivity contribution in [1.29, 1.82) is 0 Å². The summed E-state index contributed by atoms with van der Waals surface area (Å²) in [6, 6.07) is 0.415. The van der Waals surface area contributed by atoms with E-state index in [2.05, 4.69) is 29.4 Å². The lowest BCUT2D eigenvalue weighted by molar-refractivity contribution is -0.129. The fraction of sp³-hybridized carbons (Fsp3) is 0.857.